The van der Waals surface area contributed by atoms with E-state index in [1.54, 1.807) is 7.11 Å². The quantitative estimate of drug-likeness (QED) is 0.939. The Labute approximate surface area is 131 Å². The predicted molar refractivity (Wildman–Crippen MR) is 88.0 cm³/mol. The lowest BCUT2D eigenvalue weighted by Gasteiger charge is -2.30. The van der Waals surface area contributed by atoms with Gasteiger partial charge in [-0.05, 0) is 31.0 Å². The zero-order valence-corrected chi connectivity index (χ0v) is 13.6. The number of H-pyrrole nitrogens is 1. The summed E-state index contributed by atoms with van der Waals surface area (Å²) in [5.41, 5.74) is 3.64. The van der Waals surface area contributed by atoms with Crippen molar-refractivity contribution >= 4 is 16.8 Å². The average Bonchev–Trinajstić information content (AvgIpc) is 2.92. The molecule has 3 rings (SSSR count). The van der Waals surface area contributed by atoms with E-state index in [1.165, 1.54) is 16.6 Å². The van der Waals surface area contributed by atoms with E-state index >= 15 is 0 Å². The molecule has 0 atom stereocenters. The highest BCUT2D eigenvalue weighted by molar-refractivity contribution is 5.87. The molecule has 0 fully saturated rings. The number of rotatable bonds is 4. The third kappa shape index (κ3) is 2.47. The number of nitrogens with zero attached hydrogens (tertiary/aromatic N) is 1. The molecule has 4 heteroatoms. The van der Waals surface area contributed by atoms with E-state index in [-0.39, 0.29) is 5.92 Å². The number of aromatic amines is 1. The van der Waals surface area contributed by atoms with Crippen molar-refractivity contribution in [2.75, 3.05) is 13.7 Å². The fraction of sp³-hybridized carbons (Fsp3) is 0.500. The number of ether oxygens (including phenoxy) is 1. The number of carbonyl (C=O) groups excluding carboxylic acids is 1. The SMILES string of the molecule is CCC(CC)C(=O)N1CCc2[nH]c3ccc(OC)cc3c2C1. The molecule has 1 aliphatic heterocycles. The van der Waals surface area contributed by atoms with Crippen LogP contribution in [0.2, 0.25) is 0 Å². The number of aromatic nitrogens is 1. The summed E-state index contributed by atoms with van der Waals surface area (Å²) in [5, 5.41) is 1.18. The summed E-state index contributed by atoms with van der Waals surface area (Å²) in [6, 6.07) is 6.09. The topological polar surface area (TPSA) is 45.3 Å². The van der Waals surface area contributed by atoms with Crippen LogP contribution in [0.5, 0.6) is 5.75 Å². The summed E-state index contributed by atoms with van der Waals surface area (Å²) >= 11 is 0. The van der Waals surface area contributed by atoms with Crippen LogP contribution in [0.1, 0.15) is 37.9 Å². The molecule has 2 aromatic rings. The highest BCUT2D eigenvalue weighted by atomic mass is 16.5. The fourth-order valence-corrected chi connectivity index (χ4v) is 3.40. The van der Waals surface area contributed by atoms with Crippen molar-refractivity contribution in [2.24, 2.45) is 5.92 Å². The lowest BCUT2D eigenvalue weighted by atomic mass is 9.98. The Morgan fingerprint density at radius 1 is 1.36 bits per heavy atom. The molecular weight excluding hydrogens is 276 g/mol. The molecule has 0 bridgehead atoms. The molecule has 0 radical (unpaired) electrons. The summed E-state index contributed by atoms with van der Waals surface area (Å²) < 4.78 is 5.34. The smallest absolute Gasteiger partial charge is 0.225 e. The maximum atomic E-state index is 12.6. The number of amides is 1. The van der Waals surface area contributed by atoms with Gasteiger partial charge >= 0.3 is 0 Å². The van der Waals surface area contributed by atoms with Crippen LogP contribution in [0.25, 0.3) is 10.9 Å². The zero-order valence-electron chi connectivity index (χ0n) is 13.6. The highest BCUT2D eigenvalue weighted by Gasteiger charge is 2.27. The van der Waals surface area contributed by atoms with Crippen molar-refractivity contribution in [3.63, 3.8) is 0 Å². The molecule has 4 nitrogen and oxygen atoms in total. The first kappa shape index (κ1) is 14.9. The van der Waals surface area contributed by atoms with Crippen molar-refractivity contribution < 1.29 is 9.53 Å². The van der Waals surface area contributed by atoms with Gasteiger partial charge in [-0.2, -0.15) is 0 Å². The molecule has 22 heavy (non-hydrogen) atoms. The van der Waals surface area contributed by atoms with Crippen LogP contribution in [-0.4, -0.2) is 29.4 Å². The van der Waals surface area contributed by atoms with Crippen molar-refractivity contribution in [1.82, 2.24) is 9.88 Å². The Morgan fingerprint density at radius 2 is 2.14 bits per heavy atom. The second kappa shape index (κ2) is 6.03. The van der Waals surface area contributed by atoms with Crippen LogP contribution in [0, 0.1) is 5.92 Å². The van der Waals surface area contributed by atoms with Crippen LogP contribution in [-0.2, 0) is 17.8 Å². The second-order valence-corrected chi connectivity index (χ2v) is 6.02. The van der Waals surface area contributed by atoms with Crippen LogP contribution in [0.4, 0.5) is 0 Å². The number of fused-ring (bicyclic) bond motifs is 3. The summed E-state index contributed by atoms with van der Waals surface area (Å²) in [7, 11) is 1.68. The van der Waals surface area contributed by atoms with Crippen LogP contribution < -0.4 is 4.74 Å². The van der Waals surface area contributed by atoms with E-state index in [0.29, 0.717) is 12.5 Å². The van der Waals surface area contributed by atoms with Crippen molar-refractivity contribution in [3.8, 4) is 5.75 Å². The van der Waals surface area contributed by atoms with Crippen LogP contribution >= 0.6 is 0 Å². The van der Waals surface area contributed by atoms with E-state index in [2.05, 4.69) is 31.0 Å². The molecule has 1 aromatic carbocycles. The maximum absolute atomic E-state index is 12.6. The largest absolute Gasteiger partial charge is 0.497 e. The molecule has 0 saturated heterocycles. The second-order valence-electron chi connectivity index (χ2n) is 6.02. The predicted octanol–water partition coefficient (Wildman–Crippen LogP) is 3.50. The molecule has 2 heterocycles. The molecule has 118 valence electrons. The Kier molecular flexibility index (Phi) is 4.10. The minimum Gasteiger partial charge on any atom is -0.497 e. The first-order chi connectivity index (χ1) is 10.7. The Morgan fingerprint density at radius 3 is 2.82 bits per heavy atom. The van der Waals surface area contributed by atoms with Gasteiger partial charge in [0.25, 0.3) is 0 Å². The molecule has 0 aliphatic carbocycles. The monoisotopic (exact) mass is 300 g/mol. The Balaban J connectivity index is 1.92. The molecule has 1 N–H and O–H groups in total. The first-order valence-corrected chi connectivity index (χ1v) is 8.14. The standard InChI is InChI=1S/C18H24N2O2/c1-4-12(5-2)18(21)20-9-8-17-15(11-20)14-10-13(22-3)6-7-16(14)19-17/h6-7,10,12,19H,4-5,8-9,11H2,1-3H3. The number of nitrogens with one attached hydrogen (secondary N) is 1. The summed E-state index contributed by atoms with van der Waals surface area (Å²) in [6.45, 7) is 5.71. The van der Waals surface area contributed by atoms with E-state index in [0.717, 1.165) is 37.1 Å². The summed E-state index contributed by atoms with van der Waals surface area (Å²) in [4.78, 5) is 18.2. The molecule has 1 amide bonds. The van der Waals surface area contributed by atoms with Gasteiger partial charge < -0.3 is 14.6 Å². The average molecular weight is 300 g/mol. The van der Waals surface area contributed by atoms with E-state index in [1.807, 2.05) is 11.0 Å². The number of carbonyl (C=O) groups is 1. The normalized spacial score (nSPS) is 14.5. The van der Waals surface area contributed by atoms with Gasteiger partial charge in [0.05, 0.1) is 7.11 Å². The Hall–Kier alpha value is -1.97. The number of benzene rings is 1. The zero-order chi connectivity index (χ0) is 15.7. The molecule has 0 spiro atoms. The number of hydrogen-bond acceptors (Lipinski definition) is 2. The van der Waals surface area contributed by atoms with Gasteiger partial charge in [-0.3, -0.25) is 4.79 Å². The molecule has 0 unspecified atom stereocenters. The minimum absolute atomic E-state index is 0.154. The van der Waals surface area contributed by atoms with Gasteiger partial charge in [-0.1, -0.05) is 13.8 Å². The minimum atomic E-state index is 0.154. The van der Waals surface area contributed by atoms with Crippen molar-refractivity contribution in [1.29, 1.82) is 0 Å². The number of hydrogen-bond donors (Lipinski definition) is 1. The van der Waals surface area contributed by atoms with Gasteiger partial charge in [0.2, 0.25) is 5.91 Å². The van der Waals surface area contributed by atoms with Crippen molar-refractivity contribution in [2.45, 2.75) is 39.7 Å². The highest BCUT2D eigenvalue weighted by Crippen LogP contribution is 2.31. The Bertz CT molecular complexity index is 686. The molecule has 0 saturated carbocycles. The fourth-order valence-electron chi connectivity index (χ4n) is 3.40. The van der Waals surface area contributed by atoms with Gasteiger partial charge in [0, 0.05) is 47.6 Å². The van der Waals surface area contributed by atoms with Gasteiger partial charge in [0.15, 0.2) is 0 Å². The van der Waals surface area contributed by atoms with E-state index in [4.69, 9.17) is 4.74 Å². The molecular formula is C18H24N2O2. The molecule has 1 aromatic heterocycles. The lowest BCUT2D eigenvalue weighted by molar-refractivity contribution is -0.136. The van der Waals surface area contributed by atoms with E-state index in [9.17, 15) is 4.79 Å². The van der Waals surface area contributed by atoms with Crippen molar-refractivity contribution in [3.05, 3.63) is 29.5 Å². The van der Waals surface area contributed by atoms with E-state index < -0.39 is 0 Å². The van der Waals surface area contributed by atoms with Gasteiger partial charge in [-0.15, -0.1) is 0 Å². The molecule has 1 aliphatic rings. The van der Waals surface area contributed by atoms with Crippen LogP contribution in [0.3, 0.4) is 0 Å². The summed E-state index contributed by atoms with van der Waals surface area (Å²) in [6.07, 6.45) is 2.74. The number of methoxy groups -OCH3 is 1. The van der Waals surface area contributed by atoms with Gasteiger partial charge in [0.1, 0.15) is 5.75 Å². The third-order valence-corrected chi connectivity index (χ3v) is 4.83. The lowest BCUT2D eigenvalue weighted by Crippen LogP contribution is -2.39. The summed E-state index contributed by atoms with van der Waals surface area (Å²) in [5.74, 6) is 1.31. The first-order valence-electron chi connectivity index (χ1n) is 8.14. The van der Waals surface area contributed by atoms with Crippen LogP contribution in [0.15, 0.2) is 18.2 Å². The third-order valence-electron chi connectivity index (χ3n) is 4.83. The van der Waals surface area contributed by atoms with Gasteiger partial charge in [-0.25, -0.2) is 0 Å². The maximum Gasteiger partial charge on any atom is 0.225 e.